The number of hydrogen-bond acceptors (Lipinski definition) is 4. The number of nitrogens with zero attached hydrogens (tertiary/aromatic N) is 2. The molecule has 2 heterocycles. The topological polar surface area (TPSA) is 51.1 Å². The third kappa shape index (κ3) is 2.19. The van der Waals surface area contributed by atoms with Crippen molar-refractivity contribution >= 4 is 17.3 Å². The van der Waals surface area contributed by atoms with Crippen LogP contribution in [-0.4, -0.2) is 31.9 Å². The predicted octanol–water partition coefficient (Wildman–Crippen LogP) is 2.35. The number of anilines is 1. The molecule has 1 saturated heterocycles. The lowest BCUT2D eigenvalue weighted by molar-refractivity contribution is -0.127. The molecule has 0 radical (unpaired) electrons. The van der Waals surface area contributed by atoms with Gasteiger partial charge in [-0.05, 0) is 25.8 Å². The van der Waals surface area contributed by atoms with Crippen LogP contribution in [0.4, 0.5) is 10.1 Å². The number of methoxy groups -OCH3 is 1. The lowest BCUT2D eigenvalue weighted by atomic mass is 9.76. The quantitative estimate of drug-likeness (QED) is 0.840. The Morgan fingerprint density at radius 2 is 2.05 bits per heavy atom. The number of halogens is 1. The highest BCUT2D eigenvalue weighted by atomic mass is 19.1. The van der Waals surface area contributed by atoms with Crippen molar-refractivity contribution in [3.63, 3.8) is 0 Å². The fraction of sp³-hybridized carbons (Fsp3) is 0.467. The van der Waals surface area contributed by atoms with E-state index in [2.05, 4.69) is 5.10 Å². The van der Waals surface area contributed by atoms with Gasteiger partial charge in [-0.2, -0.15) is 10.1 Å². The number of carbonyl (C=O) groups excluding carboxylic acids is 1. The zero-order chi connectivity index (χ0) is 15.0. The summed E-state index contributed by atoms with van der Waals surface area (Å²) < 4.78 is 24.0. The van der Waals surface area contributed by atoms with Crippen LogP contribution in [0.5, 0.6) is 5.75 Å². The highest BCUT2D eigenvalue weighted by Gasteiger charge is 2.50. The molecule has 2 aliphatic heterocycles. The van der Waals surface area contributed by atoms with Gasteiger partial charge in [0.15, 0.2) is 0 Å². The normalized spacial score (nSPS) is 20.8. The lowest BCUT2D eigenvalue weighted by Gasteiger charge is -2.31. The van der Waals surface area contributed by atoms with E-state index in [1.807, 2.05) is 6.92 Å². The second kappa shape index (κ2) is 5.11. The number of amides is 1. The molecule has 5 nitrogen and oxygen atoms in total. The number of rotatable bonds is 2. The van der Waals surface area contributed by atoms with E-state index in [9.17, 15) is 9.18 Å². The van der Waals surface area contributed by atoms with Crippen LogP contribution in [0.3, 0.4) is 0 Å². The summed E-state index contributed by atoms with van der Waals surface area (Å²) >= 11 is 0. The zero-order valence-electron chi connectivity index (χ0n) is 12.1. The SMILES string of the molecule is COc1cc(F)cc(N2N=C(C)C3(CCOCC3)C2=O)c1. The maximum atomic E-state index is 13.6. The summed E-state index contributed by atoms with van der Waals surface area (Å²) in [6.45, 7) is 2.93. The van der Waals surface area contributed by atoms with Crippen molar-refractivity contribution in [2.75, 3.05) is 25.3 Å². The van der Waals surface area contributed by atoms with E-state index in [4.69, 9.17) is 9.47 Å². The van der Waals surface area contributed by atoms with Gasteiger partial charge < -0.3 is 9.47 Å². The van der Waals surface area contributed by atoms with Crippen molar-refractivity contribution in [3.8, 4) is 5.75 Å². The summed E-state index contributed by atoms with van der Waals surface area (Å²) in [5.41, 5.74) is 0.552. The molecule has 0 atom stereocenters. The van der Waals surface area contributed by atoms with Crippen LogP contribution >= 0.6 is 0 Å². The van der Waals surface area contributed by atoms with Crippen LogP contribution in [0.25, 0.3) is 0 Å². The van der Waals surface area contributed by atoms with E-state index in [0.29, 0.717) is 37.5 Å². The van der Waals surface area contributed by atoms with Gasteiger partial charge in [-0.1, -0.05) is 0 Å². The second-order valence-corrected chi connectivity index (χ2v) is 5.35. The summed E-state index contributed by atoms with van der Waals surface area (Å²) in [7, 11) is 1.46. The molecule has 1 amide bonds. The van der Waals surface area contributed by atoms with Crippen molar-refractivity contribution < 1.29 is 18.7 Å². The van der Waals surface area contributed by atoms with E-state index in [1.165, 1.54) is 24.3 Å². The van der Waals surface area contributed by atoms with Crippen molar-refractivity contribution in [3.05, 3.63) is 24.0 Å². The maximum absolute atomic E-state index is 13.6. The summed E-state index contributed by atoms with van der Waals surface area (Å²) in [5, 5.41) is 5.64. The highest BCUT2D eigenvalue weighted by Crippen LogP contribution is 2.41. The molecule has 0 aliphatic carbocycles. The van der Waals surface area contributed by atoms with Gasteiger partial charge >= 0.3 is 0 Å². The maximum Gasteiger partial charge on any atom is 0.259 e. The average molecular weight is 292 g/mol. The molecule has 1 fully saturated rings. The largest absolute Gasteiger partial charge is 0.497 e. The molecule has 6 heteroatoms. The Balaban J connectivity index is 1.98. The van der Waals surface area contributed by atoms with Gasteiger partial charge in [0.2, 0.25) is 0 Å². The first-order chi connectivity index (χ1) is 10.1. The zero-order valence-corrected chi connectivity index (χ0v) is 12.1. The fourth-order valence-corrected chi connectivity index (χ4v) is 2.91. The third-order valence-electron chi connectivity index (χ3n) is 4.23. The van der Waals surface area contributed by atoms with E-state index in [1.54, 1.807) is 6.07 Å². The Hall–Kier alpha value is -1.95. The molecule has 1 spiro atoms. The summed E-state index contributed by atoms with van der Waals surface area (Å²) in [6, 6.07) is 4.16. The first-order valence-corrected chi connectivity index (χ1v) is 6.89. The molecule has 0 saturated carbocycles. The monoisotopic (exact) mass is 292 g/mol. The minimum Gasteiger partial charge on any atom is -0.497 e. The molecule has 1 aromatic rings. The summed E-state index contributed by atoms with van der Waals surface area (Å²) in [5.74, 6) is -0.215. The predicted molar refractivity (Wildman–Crippen MR) is 76.0 cm³/mol. The minimum atomic E-state index is -0.599. The molecular formula is C15H17FN2O3. The van der Waals surface area contributed by atoms with Crippen LogP contribution in [-0.2, 0) is 9.53 Å². The average Bonchev–Trinajstić information content (AvgIpc) is 2.73. The first-order valence-electron chi connectivity index (χ1n) is 6.89. The van der Waals surface area contributed by atoms with Gasteiger partial charge in [0.25, 0.3) is 5.91 Å². The molecule has 21 heavy (non-hydrogen) atoms. The smallest absolute Gasteiger partial charge is 0.259 e. The second-order valence-electron chi connectivity index (χ2n) is 5.35. The number of ether oxygens (including phenoxy) is 2. The van der Waals surface area contributed by atoms with Crippen LogP contribution < -0.4 is 9.75 Å². The number of hydrazone groups is 1. The molecule has 0 N–H and O–H groups in total. The van der Waals surface area contributed by atoms with Gasteiger partial charge in [0.1, 0.15) is 11.6 Å². The summed E-state index contributed by atoms with van der Waals surface area (Å²) in [6.07, 6.45) is 1.23. The first kappa shape index (κ1) is 14.0. The van der Waals surface area contributed by atoms with Gasteiger partial charge in [0, 0.05) is 25.3 Å². The third-order valence-corrected chi connectivity index (χ3v) is 4.23. The fourth-order valence-electron chi connectivity index (χ4n) is 2.91. The van der Waals surface area contributed by atoms with Crippen LogP contribution in [0.1, 0.15) is 19.8 Å². The van der Waals surface area contributed by atoms with Gasteiger partial charge in [-0.25, -0.2) is 4.39 Å². The molecule has 2 aliphatic rings. The minimum absolute atomic E-state index is 0.115. The molecule has 0 unspecified atom stereocenters. The Morgan fingerprint density at radius 3 is 2.71 bits per heavy atom. The number of hydrogen-bond donors (Lipinski definition) is 0. The molecule has 112 valence electrons. The Morgan fingerprint density at radius 1 is 1.33 bits per heavy atom. The van der Waals surface area contributed by atoms with Gasteiger partial charge in [-0.3, -0.25) is 4.79 Å². The molecular weight excluding hydrogens is 275 g/mol. The summed E-state index contributed by atoms with van der Waals surface area (Å²) in [4.78, 5) is 12.8. The Kier molecular flexibility index (Phi) is 3.41. The van der Waals surface area contributed by atoms with Gasteiger partial charge in [-0.15, -0.1) is 0 Å². The van der Waals surface area contributed by atoms with Crippen LogP contribution in [0, 0.1) is 11.2 Å². The number of carbonyl (C=O) groups is 1. The van der Waals surface area contributed by atoms with E-state index in [-0.39, 0.29) is 5.91 Å². The van der Waals surface area contributed by atoms with Crippen LogP contribution in [0.15, 0.2) is 23.3 Å². The number of benzene rings is 1. The lowest BCUT2D eigenvalue weighted by Crippen LogP contribution is -2.43. The molecule has 0 aromatic heterocycles. The van der Waals surface area contributed by atoms with Crippen molar-refractivity contribution in [2.24, 2.45) is 10.5 Å². The van der Waals surface area contributed by atoms with E-state index < -0.39 is 11.2 Å². The highest BCUT2D eigenvalue weighted by molar-refractivity contribution is 6.18. The standard InChI is InChI=1S/C15H17FN2O3/c1-10-15(3-5-21-6-4-15)14(19)18(17-10)12-7-11(16)8-13(9-12)20-2/h7-9H,3-6H2,1-2H3. The Labute approximate surface area is 122 Å². The molecule has 0 bridgehead atoms. The van der Waals surface area contributed by atoms with Gasteiger partial charge in [0.05, 0.1) is 23.9 Å². The van der Waals surface area contributed by atoms with Crippen molar-refractivity contribution in [1.29, 1.82) is 0 Å². The van der Waals surface area contributed by atoms with Crippen LogP contribution in [0.2, 0.25) is 0 Å². The molecule has 3 rings (SSSR count). The Bertz CT molecular complexity index is 609. The molecule has 1 aromatic carbocycles. The van der Waals surface area contributed by atoms with E-state index >= 15 is 0 Å². The van der Waals surface area contributed by atoms with Crippen molar-refractivity contribution in [1.82, 2.24) is 0 Å². The van der Waals surface area contributed by atoms with Crippen molar-refractivity contribution in [2.45, 2.75) is 19.8 Å². The van der Waals surface area contributed by atoms with E-state index in [0.717, 1.165) is 5.71 Å².